The Balaban J connectivity index is 1.74. The smallest absolute Gasteiger partial charge is 0.435 e. The first-order chi connectivity index (χ1) is 19.3. The molecule has 0 aliphatic rings. The van der Waals surface area contributed by atoms with Crippen LogP contribution in [0.1, 0.15) is 27.9 Å². The van der Waals surface area contributed by atoms with Crippen molar-refractivity contribution in [2.24, 2.45) is 5.14 Å². The summed E-state index contributed by atoms with van der Waals surface area (Å²) < 4.78 is 79.3. The van der Waals surface area contributed by atoms with Gasteiger partial charge in [-0.05, 0) is 30.7 Å². The molecule has 0 spiro atoms. The standard InChI is InChI=1S/C24H23F3N6O6S2/c1-4-39-21(34)18-19(24(25,26)27)31-23(40-18)33-22-30-15-10-17(38-3)16(37-2)9-14(15)20(32-22)29-11-12-5-7-13(8-6-12)41(28,35)36/h5-10H,4,11H2,1-3H3,(H2,28,35,36)(H2,29,30,31,32,33). The number of hydrogen-bond acceptors (Lipinski definition) is 12. The Morgan fingerprint density at radius 3 is 2.29 bits per heavy atom. The van der Waals surface area contributed by atoms with Crippen molar-refractivity contribution in [1.82, 2.24) is 15.0 Å². The maximum atomic E-state index is 13.6. The van der Waals surface area contributed by atoms with E-state index < -0.39 is 32.7 Å². The summed E-state index contributed by atoms with van der Waals surface area (Å²) >= 11 is 0.447. The minimum Gasteiger partial charge on any atom is -0.493 e. The number of nitrogens with zero attached hydrogens (tertiary/aromatic N) is 3. The van der Waals surface area contributed by atoms with Crippen LogP contribution in [0, 0.1) is 0 Å². The van der Waals surface area contributed by atoms with Gasteiger partial charge in [-0.2, -0.15) is 18.2 Å². The number of alkyl halides is 3. The molecule has 0 saturated heterocycles. The predicted octanol–water partition coefficient (Wildman–Crippen LogP) is 4.30. The number of fused-ring (bicyclic) bond motifs is 1. The van der Waals surface area contributed by atoms with Crippen molar-refractivity contribution in [1.29, 1.82) is 0 Å². The number of nitrogens with two attached hydrogens (primary N) is 1. The number of benzene rings is 2. The van der Waals surface area contributed by atoms with Gasteiger partial charge in [-0.15, -0.1) is 0 Å². The molecule has 0 radical (unpaired) electrons. The first-order valence-electron chi connectivity index (χ1n) is 11.7. The lowest BCUT2D eigenvalue weighted by atomic mass is 10.2. The van der Waals surface area contributed by atoms with Crippen molar-refractivity contribution in [2.75, 3.05) is 31.5 Å². The van der Waals surface area contributed by atoms with E-state index in [4.69, 9.17) is 19.3 Å². The van der Waals surface area contributed by atoms with E-state index in [1.54, 1.807) is 24.3 Å². The molecule has 0 amide bonds. The van der Waals surface area contributed by atoms with Gasteiger partial charge in [0.15, 0.2) is 22.3 Å². The molecule has 0 aliphatic carbocycles. The number of rotatable bonds is 10. The van der Waals surface area contributed by atoms with E-state index in [1.165, 1.54) is 33.3 Å². The first-order valence-corrected chi connectivity index (χ1v) is 14.0. The number of sulfonamides is 1. The van der Waals surface area contributed by atoms with Gasteiger partial charge >= 0.3 is 12.1 Å². The van der Waals surface area contributed by atoms with E-state index in [2.05, 4.69) is 25.6 Å². The van der Waals surface area contributed by atoms with Crippen LogP contribution in [0.25, 0.3) is 10.9 Å². The van der Waals surface area contributed by atoms with Crippen LogP contribution in [-0.2, 0) is 27.5 Å². The van der Waals surface area contributed by atoms with Gasteiger partial charge in [0.2, 0.25) is 16.0 Å². The molecule has 12 nitrogen and oxygen atoms in total. The highest BCUT2D eigenvalue weighted by Gasteiger charge is 2.40. The lowest BCUT2D eigenvalue weighted by molar-refractivity contribution is -0.141. The molecule has 4 aromatic rings. The van der Waals surface area contributed by atoms with Gasteiger partial charge in [0.05, 0.1) is 31.2 Å². The second kappa shape index (κ2) is 11.7. The molecule has 0 fully saturated rings. The zero-order valence-corrected chi connectivity index (χ0v) is 23.3. The number of methoxy groups -OCH3 is 2. The third kappa shape index (κ3) is 6.75. The van der Waals surface area contributed by atoms with Gasteiger partial charge < -0.3 is 19.5 Å². The summed E-state index contributed by atoms with van der Waals surface area (Å²) in [6.07, 6.45) is -4.90. The molecular formula is C24H23F3N6O6S2. The number of hydrogen-bond donors (Lipinski definition) is 3. The SMILES string of the molecule is CCOC(=O)c1sc(Nc2nc(NCc3ccc(S(N)(=O)=O)cc3)c3cc(OC)c(OC)cc3n2)nc1C(F)(F)F. The van der Waals surface area contributed by atoms with E-state index in [-0.39, 0.29) is 34.9 Å². The number of nitrogens with one attached hydrogen (secondary N) is 2. The summed E-state index contributed by atoms with van der Waals surface area (Å²) in [7, 11) is -0.987. The molecule has 4 N–H and O–H groups in total. The van der Waals surface area contributed by atoms with Crippen LogP contribution in [0.2, 0.25) is 0 Å². The minimum atomic E-state index is -4.90. The van der Waals surface area contributed by atoms with Gasteiger partial charge in [0.25, 0.3) is 0 Å². The third-order valence-electron chi connectivity index (χ3n) is 5.49. The maximum Gasteiger partial charge on any atom is 0.435 e. The van der Waals surface area contributed by atoms with Crippen LogP contribution in [0.4, 0.5) is 30.1 Å². The van der Waals surface area contributed by atoms with Crippen LogP contribution >= 0.6 is 11.3 Å². The average molecular weight is 613 g/mol. The van der Waals surface area contributed by atoms with Gasteiger partial charge in [-0.3, -0.25) is 5.32 Å². The summed E-state index contributed by atoms with van der Waals surface area (Å²) in [5.41, 5.74) is -0.379. The monoisotopic (exact) mass is 612 g/mol. The Morgan fingerprint density at radius 2 is 1.71 bits per heavy atom. The first kappa shape index (κ1) is 29.8. The predicted molar refractivity (Wildman–Crippen MR) is 144 cm³/mol. The number of carbonyl (C=O) groups is 1. The number of aromatic nitrogens is 3. The second-order valence-electron chi connectivity index (χ2n) is 8.20. The third-order valence-corrected chi connectivity index (χ3v) is 7.37. The number of anilines is 3. The van der Waals surface area contributed by atoms with Gasteiger partial charge in [-0.1, -0.05) is 23.5 Å². The number of esters is 1. The van der Waals surface area contributed by atoms with Gasteiger partial charge in [0, 0.05) is 18.0 Å². The highest BCUT2D eigenvalue weighted by atomic mass is 32.2. The van der Waals surface area contributed by atoms with Crippen molar-refractivity contribution in [3.8, 4) is 11.5 Å². The Bertz CT molecular complexity index is 1700. The molecular weight excluding hydrogens is 589 g/mol. The lowest BCUT2D eigenvalue weighted by Gasteiger charge is -2.14. The molecule has 0 aliphatic heterocycles. The van der Waals surface area contributed by atoms with Gasteiger partial charge in [0.1, 0.15) is 10.7 Å². The normalized spacial score (nSPS) is 11.8. The molecule has 2 aromatic heterocycles. The van der Waals surface area contributed by atoms with Crippen LogP contribution < -0.4 is 25.2 Å². The number of primary sulfonamides is 1. The average Bonchev–Trinajstić information content (AvgIpc) is 3.35. The van der Waals surface area contributed by atoms with Crippen LogP contribution in [0.5, 0.6) is 11.5 Å². The van der Waals surface area contributed by atoms with Crippen molar-refractivity contribution in [3.63, 3.8) is 0 Å². The van der Waals surface area contributed by atoms with E-state index >= 15 is 0 Å². The minimum absolute atomic E-state index is 0.0547. The Morgan fingerprint density at radius 1 is 1.05 bits per heavy atom. The summed E-state index contributed by atoms with van der Waals surface area (Å²) in [6, 6.07) is 9.00. The fourth-order valence-electron chi connectivity index (χ4n) is 3.63. The molecule has 218 valence electrons. The molecule has 0 saturated carbocycles. The highest BCUT2D eigenvalue weighted by molar-refractivity contribution is 7.89. The Kier molecular flexibility index (Phi) is 8.50. The molecule has 17 heteroatoms. The van der Waals surface area contributed by atoms with E-state index in [0.29, 0.717) is 39.3 Å². The summed E-state index contributed by atoms with van der Waals surface area (Å²) in [6.45, 7) is 1.53. The molecule has 2 heterocycles. The molecule has 41 heavy (non-hydrogen) atoms. The van der Waals surface area contributed by atoms with E-state index in [1.807, 2.05) is 0 Å². The summed E-state index contributed by atoms with van der Waals surface area (Å²) in [5.74, 6) is -0.314. The van der Waals surface area contributed by atoms with Crippen LogP contribution in [0.15, 0.2) is 41.3 Å². The fraction of sp³-hybridized carbons (Fsp3) is 0.250. The topological polar surface area (TPSA) is 168 Å². The largest absolute Gasteiger partial charge is 0.493 e. The van der Waals surface area contributed by atoms with E-state index in [9.17, 15) is 26.4 Å². The second-order valence-corrected chi connectivity index (χ2v) is 10.8. The maximum absolute atomic E-state index is 13.6. The fourth-order valence-corrected chi connectivity index (χ4v) is 5.01. The zero-order chi connectivity index (χ0) is 29.9. The van der Waals surface area contributed by atoms with Gasteiger partial charge in [-0.25, -0.2) is 28.3 Å². The van der Waals surface area contributed by atoms with Crippen molar-refractivity contribution in [2.45, 2.75) is 24.5 Å². The molecule has 0 bridgehead atoms. The summed E-state index contributed by atoms with van der Waals surface area (Å²) in [4.78, 5) is 23.7. The molecule has 2 aromatic carbocycles. The quantitative estimate of drug-likeness (QED) is 0.218. The lowest BCUT2D eigenvalue weighted by Crippen LogP contribution is -2.13. The highest BCUT2D eigenvalue weighted by Crippen LogP contribution is 2.38. The number of halogens is 3. The summed E-state index contributed by atoms with van der Waals surface area (Å²) in [5, 5.41) is 11.1. The van der Waals surface area contributed by atoms with Crippen LogP contribution in [0.3, 0.4) is 0 Å². The Labute approximate surface area is 235 Å². The zero-order valence-electron chi connectivity index (χ0n) is 21.7. The van der Waals surface area contributed by atoms with Crippen molar-refractivity contribution in [3.05, 3.63) is 52.5 Å². The molecule has 4 rings (SSSR count). The van der Waals surface area contributed by atoms with Crippen LogP contribution in [-0.4, -0.2) is 50.2 Å². The van der Waals surface area contributed by atoms with E-state index in [0.717, 1.165) is 0 Å². The molecule has 0 unspecified atom stereocenters. The van der Waals surface area contributed by atoms with Crippen molar-refractivity contribution < 1.29 is 40.6 Å². The Hall–Kier alpha value is -4.22. The number of thiazole rings is 1. The van der Waals surface area contributed by atoms with Crippen molar-refractivity contribution >= 4 is 55.1 Å². The molecule has 0 atom stereocenters. The number of ether oxygens (including phenoxy) is 3. The number of carbonyl (C=O) groups excluding carboxylic acids is 1.